The van der Waals surface area contributed by atoms with Crippen LogP contribution in [0.15, 0.2) is 18.2 Å². The number of esters is 1. The Hall–Kier alpha value is -1.42. The zero-order valence-electron chi connectivity index (χ0n) is 12.4. The first kappa shape index (κ1) is 16.6. The number of benzene rings is 1. The van der Waals surface area contributed by atoms with Gasteiger partial charge in [0.15, 0.2) is 0 Å². The maximum atomic E-state index is 11.5. The molecule has 0 spiro atoms. The van der Waals surface area contributed by atoms with Crippen molar-refractivity contribution in [2.75, 3.05) is 13.7 Å². The smallest absolute Gasteiger partial charge is 0.306 e. The second kappa shape index (κ2) is 7.39. The first-order valence-corrected chi connectivity index (χ1v) is 6.87. The van der Waals surface area contributed by atoms with Gasteiger partial charge >= 0.3 is 5.97 Å². The van der Waals surface area contributed by atoms with Gasteiger partial charge in [0, 0.05) is 17.5 Å². The van der Waals surface area contributed by atoms with Gasteiger partial charge in [0.05, 0.1) is 13.7 Å². The summed E-state index contributed by atoms with van der Waals surface area (Å²) >= 11 is 5.93. The highest BCUT2D eigenvalue weighted by Crippen LogP contribution is 2.25. The van der Waals surface area contributed by atoms with Crippen LogP contribution >= 0.6 is 11.6 Å². The van der Waals surface area contributed by atoms with Gasteiger partial charge in [-0.15, -0.1) is 0 Å². The van der Waals surface area contributed by atoms with E-state index in [-0.39, 0.29) is 5.97 Å². The summed E-state index contributed by atoms with van der Waals surface area (Å²) in [4.78, 5) is 11.5. The Kier molecular flexibility index (Phi) is 6.14. The van der Waals surface area contributed by atoms with E-state index in [1.165, 1.54) is 0 Å². The van der Waals surface area contributed by atoms with Gasteiger partial charge in [-0.2, -0.15) is 0 Å². The van der Waals surface area contributed by atoms with Gasteiger partial charge in [0.25, 0.3) is 0 Å². The molecule has 0 saturated heterocycles. The summed E-state index contributed by atoms with van der Waals surface area (Å²) in [6.07, 6.45) is 0.915. The lowest BCUT2D eigenvalue weighted by molar-refractivity contribution is -0.155. The number of hydrogen-bond acceptors (Lipinski definition) is 4. The Bertz CT molecular complexity index is 452. The number of carbonyl (C=O) groups excluding carboxylic acids is 1. The second-order valence-electron chi connectivity index (χ2n) is 5.37. The molecule has 5 heteroatoms. The molecular formula is C15H21ClO4. The molecule has 0 bridgehead atoms. The normalized spacial score (nSPS) is 11.1. The average molecular weight is 301 g/mol. The molecule has 0 atom stereocenters. The Morgan fingerprint density at radius 2 is 1.85 bits per heavy atom. The van der Waals surface area contributed by atoms with E-state index in [0.717, 1.165) is 0 Å². The van der Waals surface area contributed by atoms with Gasteiger partial charge in [-0.1, -0.05) is 11.6 Å². The largest absolute Gasteiger partial charge is 0.497 e. The van der Waals surface area contributed by atoms with E-state index in [2.05, 4.69) is 0 Å². The minimum absolute atomic E-state index is 0.218. The van der Waals surface area contributed by atoms with E-state index in [9.17, 15) is 4.79 Å². The van der Waals surface area contributed by atoms with E-state index >= 15 is 0 Å². The van der Waals surface area contributed by atoms with Crippen molar-refractivity contribution in [3.8, 4) is 11.5 Å². The molecule has 0 unspecified atom stereocenters. The maximum absolute atomic E-state index is 11.5. The molecule has 112 valence electrons. The number of methoxy groups -OCH3 is 1. The molecule has 0 aliphatic heterocycles. The molecule has 4 nitrogen and oxygen atoms in total. The van der Waals surface area contributed by atoms with Gasteiger partial charge in [0.2, 0.25) is 0 Å². The molecule has 0 radical (unpaired) electrons. The minimum atomic E-state index is -0.446. The third-order valence-corrected chi connectivity index (χ3v) is 2.51. The van der Waals surface area contributed by atoms with E-state index < -0.39 is 5.60 Å². The summed E-state index contributed by atoms with van der Waals surface area (Å²) in [6.45, 7) is 5.96. The quantitative estimate of drug-likeness (QED) is 0.591. The van der Waals surface area contributed by atoms with Crippen LogP contribution in [0.5, 0.6) is 11.5 Å². The van der Waals surface area contributed by atoms with Crippen LogP contribution in [-0.4, -0.2) is 25.3 Å². The summed E-state index contributed by atoms with van der Waals surface area (Å²) in [5.74, 6) is 1.04. The van der Waals surface area contributed by atoms with Crippen molar-refractivity contribution in [3.63, 3.8) is 0 Å². The highest BCUT2D eigenvalue weighted by atomic mass is 35.5. The zero-order chi connectivity index (χ0) is 15.2. The van der Waals surface area contributed by atoms with Gasteiger partial charge in [-0.05, 0) is 39.3 Å². The molecule has 0 aliphatic carbocycles. The molecule has 0 aliphatic rings. The third-order valence-electron chi connectivity index (χ3n) is 2.29. The molecule has 1 rings (SSSR count). The first-order chi connectivity index (χ1) is 9.30. The number of rotatable bonds is 6. The van der Waals surface area contributed by atoms with Crippen LogP contribution in [0.4, 0.5) is 0 Å². The van der Waals surface area contributed by atoms with Crippen molar-refractivity contribution in [3.05, 3.63) is 23.2 Å². The first-order valence-electron chi connectivity index (χ1n) is 6.49. The molecule has 20 heavy (non-hydrogen) atoms. The summed E-state index contributed by atoms with van der Waals surface area (Å²) < 4.78 is 15.8. The van der Waals surface area contributed by atoms with E-state index in [1.807, 2.05) is 20.8 Å². The second-order valence-corrected chi connectivity index (χ2v) is 5.80. The Morgan fingerprint density at radius 3 is 2.45 bits per heavy atom. The lowest BCUT2D eigenvalue weighted by Gasteiger charge is -2.19. The fraction of sp³-hybridized carbons (Fsp3) is 0.533. The lowest BCUT2D eigenvalue weighted by atomic mass is 10.2. The molecule has 0 amide bonds. The monoisotopic (exact) mass is 300 g/mol. The SMILES string of the molecule is COc1cc(Cl)cc(OCCCC(=O)OC(C)(C)C)c1. The lowest BCUT2D eigenvalue weighted by Crippen LogP contribution is -2.23. The number of hydrogen-bond donors (Lipinski definition) is 0. The molecule has 0 fully saturated rings. The van der Waals surface area contributed by atoms with Gasteiger partial charge in [-0.3, -0.25) is 4.79 Å². The topological polar surface area (TPSA) is 44.8 Å². The fourth-order valence-electron chi connectivity index (χ4n) is 1.54. The summed E-state index contributed by atoms with van der Waals surface area (Å²) in [7, 11) is 1.57. The molecule has 1 aromatic rings. The zero-order valence-corrected chi connectivity index (χ0v) is 13.1. The summed E-state index contributed by atoms with van der Waals surface area (Å²) in [5, 5.41) is 0.548. The maximum Gasteiger partial charge on any atom is 0.306 e. The molecular weight excluding hydrogens is 280 g/mol. The van der Waals surface area contributed by atoms with Crippen molar-refractivity contribution in [2.24, 2.45) is 0 Å². The van der Waals surface area contributed by atoms with Crippen LogP contribution < -0.4 is 9.47 Å². The average Bonchev–Trinajstić information content (AvgIpc) is 2.32. The Morgan fingerprint density at radius 1 is 1.20 bits per heavy atom. The number of ether oxygens (including phenoxy) is 3. The van der Waals surface area contributed by atoms with Crippen molar-refractivity contribution in [2.45, 2.75) is 39.2 Å². The van der Waals surface area contributed by atoms with Gasteiger partial charge < -0.3 is 14.2 Å². The van der Waals surface area contributed by atoms with Crippen molar-refractivity contribution >= 4 is 17.6 Å². The molecule has 1 aromatic carbocycles. The predicted molar refractivity (Wildman–Crippen MR) is 78.6 cm³/mol. The summed E-state index contributed by atoms with van der Waals surface area (Å²) in [6, 6.07) is 5.16. The standard InChI is InChI=1S/C15H21ClO4/c1-15(2,3)20-14(17)6-5-7-19-13-9-11(16)8-12(10-13)18-4/h8-10H,5-7H2,1-4H3. The highest BCUT2D eigenvalue weighted by molar-refractivity contribution is 6.30. The fourth-order valence-corrected chi connectivity index (χ4v) is 1.75. The number of halogens is 1. The molecule has 0 saturated carbocycles. The molecule has 0 aromatic heterocycles. The van der Waals surface area contributed by atoms with Crippen molar-refractivity contribution < 1.29 is 19.0 Å². The number of carbonyl (C=O) groups is 1. The van der Waals surface area contributed by atoms with E-state index in [4.69, 9.17) is 25.8 Å². The van der Waals surface area contributed by atoms with Gasteiger partial charge in [-0.25, -0.2) is 0 Å². The van der Waals surface area contributed by atoms with Crippen molar-refractivity contribution in [1.82, 2.24) is 0 Å². The van der Waals surface area contributed by atoms with Crippen LogP contribution in [0.3, 0.4) is 0 Å². The van der Waals surface area contributed by atoms with Gasteiger partial charge in [0.1, 0.15) is 17.1 Å². The van der Waals surface area contributed by atoms with Crippen LogP contribution in [-0.2, 0) is 9.53 Å². The summed E-state index contributed by atoms with van der Waals surface area (Å²) in [5.41, 5.74) is -0.446. The third kappa shape index (κ3) is 6.66. The van der Waals surface area contributed by atoms with Crippen LogP contribution in [0, 0.1) is 0 Å². The van der Waals surface area contributed by atoms with Crippen molar-refractivity contribution in [1.29, 1.82) is 0 Å². The molecule has 0 N–H and O–H groups in total. The Labute approximate surface area is 125 Å². The minimum Gasteiger partial charge on any atom is -0.497 e. The van der Waals surface area contributed by atoms with Crippen LogP contribution in [0.1, 0.15) is 33.6 Å². The molecule has 0 heterocycles. The van der Waals surface area contributed by atoms with E-state index in [0.29, 0.717) is 36.0 Å². The van der Waals surface area contributed by atoms with Crippen LogP contribution in [0.25, 0.3) is 0 Å². The van der Waals surface area contributed by atoms with Crippen LogP contribution in [0.2, 0.25) is 5.02 Å². The highest BCUT2D eigenvalue weighted by Gasteiger charge is 2.15. The van der Waals surface area contributed by atoms with E-state index in [1.54, 1.807) is 25.3 Å². The predicted octanol–water partition coefficient (Wildman–Crippen LogP) is 3.85. The Balaban J connectivity index is 2.34.